The molecule has 16 heteroatoms. The van der Waals surface area contributed by atoms with Gasteiger partial charge in [-0.15, -0.1) is 6.58 Å². The van der Waals surface area contributed by atoms with E-state index in [-0.39, 0.29) is 31.0 Å². The molecule has 278 valence electrons. The highest BCUT2D eigenvalue weighted by Crippen LogP contribution is 2.53. The molecular formula is C36H40ClF2N5O7S. The van der Waals surface area contributed by atoms with E-state index in [0.29, 0.717) is 34.4 Å². The number of benzene rings is 2. The molecule has 3 aliphatic rings. The lowest BCUT2D eigenvalue weighted by Gasteiger charge is -2.34. The van der Waals surface area contributed by atoms with Gasteiger partial charge in [0.25, 0.3) is 5.91 Å². The number of sulfonamides is 1. The Morgan fingerprint density at radius 3 is 2.52 bits per heavy atom. The molecule has 3 aromatic rings. The van der Waals surface area contributed by atoms with E-state index in [2.05, 4.69) is 26.9 Å². The van der Waals surface area contributed by atoms with Gasteiger partial charge in [0.15, 0.2) is 11.6 Å². The number of nitrogens with one attached hydrogen (secondary N) is 3. The zero-order valence-electron chi connectivity index (χ0n) is 29.0. The Bertz CT molecular complexity index is 2060. The van der Waals surface area contributed by atoms with Crippen LogP contribution in [0.1, 0.15) is 46.5 Å². The normalized spacial score (nSPS) is 23.8. The molecule has 5 atom stereocenters. The molecule has 2 aromatic carbocycles. The van der Waals surface area contributed by atoms with Crippen LogP contribution in [0.15, 0.2) is 55.3 Å². The van der Waals surface area contributed by atoms with E-state index in [0.717, 1.165) is 6.07 Å². The molecule has 0 unspecified atom stereocenters. The fourth-order valence-corrected chi connectivity index (χ4v) is 8.36. The Labute approximate surface area is 305 Å². The van der Waals surface area contributed by atoms with Gasteiger partial charge in [-0.2, -0.15) is 0 Å². The van der Waals surface area contributed by atoms with E-state index < -0.39 is 79.7 Å². The van der Waals surface area contributed by atoms with Crippen LogP contribution in [-0.2, 0) is 24.4 Å². The average Bonchev–Trinajstić information content (AvgIpc) is 4.01. The predicted molar refractivity (Wildman–Crippen MR) is 190 cm³/mol. The second-order valence-corrected chi connectivity index (χ2v) is 16.9. The van der Waals surface area contributed by atoms with Crippen LogP contribution in [0, 0.1) is 23.0 Å². The molecule has 1 aliphatic heterocycles. The summed E-state index contributed by atoms with van der Waals surface area (Å²) in [7, 11) is -2.46. The fourth-order valence-electron chi connectivity index (χ4n) is 6.83. The maximum atomic E-state index is 14.6. The summed E-state index contributed by atoms with van der Waals surface area (Å²) < 4.78 is 68.6. The zero-order chi connectivity index (χ0) is 37.7. The Morgan fingerprint density at radius 1 is 1.15 bits per heavy atom. The highest BCUT2D eigenvalue weighted by atomic mass is 35.5. The van der Waals surface area contributed by atoms with E-state index in [1.54, 1.807) is 43.9 Å². The van der Waals surface area contributed by atoms with Crippen molar-refractivity contribution in [2.75, 3.05) is 19.0 Å². The summed E-state index contributed by atoms with van der Waals surface area (Å²) in [6.07, 6.45) is 3.24. The molecule has 1 aromatic heterocycles. The zero-order valence-corrected chi connectivity index (χ0v) is 30.6. The minimum absolute atomic E-state index is 0.0290. The van der Waals surface area contributed by atoms with Gasteiger partial charge in [-0.25, -0.2) is 22.2 Å². The van der Waals surface area contributed by atoms with Crippen LogP contribution in [0.3, 0.4) is 0 Å². The molecule has 0 bridgehead atoms. The number of ether oxygens (including phenoxy) is 2. The minimum atomic E-state index is -3.95. The van der Waals surface area contributed by atoms with Gasteiger partial charge >= 0.3 is 0 Å². The van der Waals surface area contributed by atoms with Gasteiger partial charge < -0.3 is 14.8 Å². The number of amides is 3. The van der Waals surface area contributed by atoms with E-state index in [1.165, 1.54) is 31.5 Å². The van der Waals surface area contributed by atoms with Crippen molar-refractivity contribution in [2.45, 2.75) is 75.4 Å². The van der Waals surface area contributed by atoms with E-state index in [1.807, 2.05) is 0 Å². The van der Waals surface area contributed by atoms with Gasteiger partial charge in [-0.3, -0.25) is 29.3 Å². The first-order valence-corrected chi connectivity index (χ1v) is 18.7. The summed E-state index contributed by atoms with van der Waals surface area (Å²) in [5.41, 5.74) is -2.65. The molecule has 2 saturated carbocycles. The molecule has 2 heterocycles. The molecular weight excluding hydrogens is 720 g/mol. The minimum Gasteiger partial charge on any atom is -0.494 e. The molecule has 3 amide bonds. The fraction of sp³-hybridized carbons (Fsp3) is 0.444. The Kier molecular flexibility index (Phi) is 10.0. The smallest absolute Gasteiger partial charge is 0.254 e. The third-order valence-electron chi connectivity index (χ3n) is 9.84. The van der Waals surface area contributed by atoms with Crippen molar-refractivity contribution >= 4 is 55.8 Å². The number of carbonyl (C=O) groups is 3. The summed E-state index contributed by atoms with van der Waals surface area (Å²) >= 11 is 6.31. The van der Waals surface area contributed by atoms with Gasteiger partial charge in [0, 0.05) is 34.7 Å². The average molecular weight is 760 g/mol. The van der Waals surface area contributed by atoms with Crippen molar-refractivity contribution in [1.82, 2.24) is 19.9 Å². The van der Waals surface area contributed by atoms with Gasteiger partial charge in [-0.05, 0) is 55.0 Å². The lowest BCUT2D eigenvalue weighted by atomic mass is 9.85. The van der Waals surface area contributed by atoms with Gasteiger partial charge in [0.1, 0.15) is 23.4 Å². The standard InChI is InChI=1S/C36H40ClF2N5O7S/c1-6-19-16-36(19,34(47)43-52(48,49)22-11-12-22)44-18-21(51-33-24-14-20(37)10-13-23(24)28(50-5)17-40-33)15-27(44)31(45)42-32(46)30(35(2,3)4)41-26-9-7-8-25(38)29(26)39/h6-10,13-14,17,19,21-22,27,30,41H,1,11-12,15-16,18H2,2-5H3,(H,43,47)(H,42,45,46)/t19-,21-,27+,30-,36-/m1/s1. The first-order chi connectivity index (χ1) is 24.5. The number of halogens is 3. The quantitative estimate of drug-likeness (QED) is 0.221. The number of aromatic nitrogens is 1. The summed E-state index contributed by atoms with van der Waals surface area (Å²) in [5, 5.41) is 6.09. The number of fused-ring (bicyclic) bond motifs is 1. The van der Waals surface area contributed by atoms with Crippen molar-refractivity contribution in [1.29, 1.82) is 0 Å². The molecule has 0 radical (unpaired) electrons. The number of pyridine rings is 1. The summed E-state index contributed by atoms with van der Waals surface area (Å²) in [5.74, 6) is -4.59. The third kappa shape index (κ3) is 7.18. The number of nitrogens with zero attached hydrogens (tertiary/aromatic N) is 2. The second-order valence-electron chi connectivity index (χ2n) is 14.5. The monoisotopic (exact) mass is 759 g/mol. The highest BCUT2D eigenvalue weighted by molar-refractivity contribution is 7.91. The predicted octanol–water partition coefficient (Wildman–Crippen LogP) is 4.72. The molecule has 0 spiro atoms. The molecule has 2 aliphatic carbocycles. The Hall–Kier alpha value is -4.34. The maximum Gasteiger partial charge on any atom is 0.254 e. The molecule has 52 heavy (non-hydrogen) atoms. The lowest BCUT2D eigenvalue weighted by molar-refractivity contribution is -0.136. The molecule has 3 fully saturated rings. The lowest BCUT2D eigenvalue weighted by Crippen LogP contribution is -2.59. The van der Waals surface area contributed by atoms with Gasteiger partial charge in [0.05, 0.1) is 30.3 Å². The Balaban J connectivity index is 1.32. The van der Waals surface area contributed by atoms with E-state index >= 15 is 0 Å². The van der Waals surface area contributed by atoms with Crippen molar-refractivity contribution in [3.05, 3.63) is 71.9 Å². The van der Waals surface area contributed by atoms with Crippen LogP contribution in [0.25, 0.3) is 10.8 Å². The molecule has 1 saturated heterocycles. The third-order valence-corrected chi connectivity index (χ3v) is 11.9. The van der Waals surface area contributed by atoms with Gasteiger partial charge in [-0.1, -0.05) is 44.5 Å². The number of carbonyl (C=O) groups excluding carboxylic acids is 3. The van der Waals surface area contributed by atoms with Crippen LogP contribution in [0.2, 0.25) is 5.02 Å². The summed E-state index contributed by atoms with van der Waals surface area (Å²) in [4.78, 5) is 47.9. The van der Waals surface area contributed by atoms with Crippen molar-refractivity contribution in [3.63, 3.8) is 0 Å². The van der Waals surface area contributed by atoms with Crippen molar-refractivity contribution < 1.29 is 41.1 Å². The van der Waals surface area contributed by atoms with E-state index in [4.69, 9.17) is 21.1 Å². The van der Waals surface area contributed by atoms with Crippen LogP contribution >= 0.6 is 11.6 Å². The second kappa shape index (κ2) is 13.9. The SMILES string of the molecule is C=C[C@@H]1C[C@@]1(C(=O)NS(=O)(=O)C1CC1)N1C[C@H](Oc2ncc(OC)c3ccc(Cl)cc23)C[C@H]1C(=O)NC(=O)[C@@H](Nc1cccc(F)c1F)C(C)(C)C. The highest BCUT2D eigenvalue weighted by Gasteiger charge is 2.67. The van der Waals surface area contributed by atoms with Crippen molar-refractivity contribution in [3.8, 4) is 11.6 Å². The van der Waals surface area contributed by atoms with Gasteiger partial charge in [0.2, 0.25) is 27.7 Å². The molecule has 12 nitrogen and oxygen atoms in total. The van der Waals surface area contributed by atoms with Crippen LogP contribution in [0.5, 0.6) is 11.6 Å². The first kappa shape index (κ1) is 37.4. The van der Waals surface area contributed by atoms with Crippen LogP contribution < -0.4 is 24.8 Å². The largest absolute Gasteiger partial charge is 0.494 e. The van der Waals surface area contributed by atoms with Crippen molar-refractivity contribution in [2.24, 2.45) is 11.3 Å². The molecule has 6 rings (SSSR count). The number of imide groups is 1. The van der Waals surface area contributed by atoms with Crippen LogP contribution in [0.4, 0.5) is 14.5 Å². The topological polar surface area (TPSA) is 156 Å². The molecule has 3 N–H and O–H groups in total. The number of likely N-dealkylation sites (tertiary alicyclic amines) is 1. The summed E-state index contributed by atoms with van der Waals surface area (Å²) in [6.45, 7) is 8.88. The number of rotatable bonds is 12. The maximum absolute atomic E-state index is 14.6. The number of anilines is 1. The van der Waals surface area contributed by atoms with E-state index in [9.17, 15) is 31.6 Å². The number of hydrogen-bond donors (Lipinski definition) is 3. The van der Waals surface area contributed by atoms with Crippen LogP contribution in [-0.4, -0.2) is 78.7 Å². The first-order valence-electron chi connectivity index (χ1n) is 16.8. The number of hydrogen-bond acceptors (Lipinski definition) is 10. The number of methoxy groups -OCH3 is 1. The summed E-state index contributed by atoms with van der Waals surface area (Å²) in [6, 6.07) is 6.22. The Morgan fingerprint density at radius 2 is 1.88 bits per heavy atom.